The number of nitrogens with one attached hydrogen (secondary N) is 1. The number of rotatable bonds is 5. The largest absolute Gasteiger partial charge is 0.326 e. The standard InChI is InChI=1S/C15H26N2O/c1-2-13-15(18)17(10-9-11-7-8-11)14(16-13)12-5-3-4-6-12/h11-14,16H,2-10H2,1H3. The van der Waals surface area contributed by atoms with E-state index in [1.165, 1.54) is 44.9 Å². The van der Waals surface area contributed by atoms with Crippen molar-refractivity contribution in [3.8, 4) is 0 Å². The van der Waals surface area contributed by atoms with Gasteiger partial charge in [0, 0.05) is 6.54 Å². The number of hydrogen-bond acceptors (Lipinski definition) is 2. The fourth-order valence-corrected chi connectivity index (χ4v) is 3.64. The summed E-state index contributed by atoms with van der Waals surface area (Å²) in [6.07, 6.45) is 10.6. The summed E-state index contributed by atoms with van der Waals surface area (Å²) in [5, 5.41) is 3.60. The molecule has 3 rings (SSSR count). The average Bonchev–Trinajstić information content (AvgIpc) is 2.94. The second-order valence-electron chi connectivity index (χ2n) is 6.38. The lowest BCUT2D eigenvalue weighted by atomic mass is 10.0. The first-order valence-electron chi connectivity index (χ1n) is 7.86. The minimum Gasteiger partial charge on any atom is -0.326 e. The Balaban J connectivity index is 1.65. The molecule has 0 aromatic heterocycles. The summed E-state index contributed by atoms with van der Waals surface area (Å²) in [5.74, 6) is 2.00. The summed E-state index contributed by atoms with van der Waals surface area (Å²) in [5.41, 5.74) is 0. The van der Waals surface area contributed by atoms with Gasteiger partial charge in [-0.2, -0.15) is 0 Å². The molecule has 2 saturated carbocycles. The average molecular weight is 250 g/mol. The van der Waals surface area contributed by atoms with Gasteiger partial charge in [0.2, 0.25) is 5.91 Å². The molecule has 18 heavy (non-hydrogen) atoms. The molecule has 3 heteroatoms. The third-order valence-corrected chi connectivity index (χ3v) is 5.02. The summed E-state index contributed by atoms with van der Waals surface area (Å²) < 4.78 is 0. The first kappa shape index (κ1) is 12.5. The van der Waals surface area contributed by atoms with Crippen LogP contribution in [0.25, 0.3) is 0 Å². The molecule has 102 valence electrons. The SMILES string of the molecule is CCC1NC(C2CCCC2)N(CCC2CC2)C1=O. The molecule has 1 saturated heterocycles. The van der Waals surface area contributed by atoms with E-state index in [1.807, 2.05) is 0 Å². The van der Waals surface area contributed by atoms with Gasteiger partial charge in [0.05, 0.1) is 12.2 Å². The van der Waals surface area contributed by atoms with E-state index in [2.05, 4.69) is 17.1 Å². The van der Waals surface area contributed by atoms with Gasteiger partial charge in [-0.3, -0.25) is 10.1 Å². The minimum atomic E-state index is 0.0924. The zero-order valence-electron chi connectivity index (χ0n) is 11.5. The molecular formula is C15H26N2O. The van der Waals surface area contributed by atoms with Crippen molar-refractivity contribution >= 4 is 5.91 Å². The molecule has 3 aliphatic rings. The van der Waals surface area contributed by atoms with Crippen molar-refractivity contribution < 1.29 is 4.79 Å². The van der Waals surface area contributed by atoms with Gasteiger partial charge in [0.1, 0.15) is 0 Å². The van der Waals surface area contributed by atoms with Gasteiger partial charge in [-0.25, -0.2) is 0 Å². The Morgan fingerprint density at radius 3 is 2.56 bits per heavy atom. The van der Waals surface area contributed by atoms with Crippen molar-refractivity contribution in [2.45, 2.75) is 70.5 Å². The molecule has 1 heterocycles. The highest BCUT2D eigenvalue weighted by atomic mass is 16.2. The molecule has 0 aromatic rings. The lowest BCUT2D eigenvalue weighted by molar-refractivity contribution is -0.130. The van der Waals surface area contributed by atoms with Crippen LogP contribution in [0.5, 0.6) is 0 Å². The molecule has 0 bridgehead atoms. The van der Waals surface area contributed by atoms with Crippen molar-refractivity contribution in [1.82, 2.24) is 10.2 Å². The maximum absolute atomic E-state index is 12.4. The molecular weight excluding hydrogens is 224 g/mol. The third kappa shape index (κ3) is 2.42. The second-order valence-corrected chi connectivity index (χ2v) is 6.38. The van der Waals surface area contributed by atoms with E-state index < -0.39 is 0 Å². The lowest BCUT2D eigenvalue weighted by Crippen LogP contribution is -2.43. The number of amides is 1. The smallest absolute Gasteiger partial charge is 0.241 e. The maximum Gasteiger partial charge on any atom is 0.241 e. The number of carbonyl (C=O) groups excluding carboxylic acids is 1. The van der Waals surface area contributed by atoms with E-state index >= 15 is 0 Å². The number of nitrogens with zero attached hydrogens (tertiary/aromatic N) is 1. The van der Waals surface area contributed by atoms with Crippen molar-refractivity contribution in [2.24, 2.45) is 11.8 Å². The van der Waals surface area contributed by atoms with Crippen LogP contribution in [-0.4, -0.2) is 29.6 Å². The van der Waals surface area contributed by atoms with Crippen LogP contribution in [0.3, 0.4) is 0 Å². The Kier molecular flexibility index (Phi) is 3.60. The van der Waals surface area contributed by atoms with Crippen LogP contribution in [0.15, 0.2) is 0 Å². The summed E-state index contributed by atoms with van der Waals surface area (Å²) in [6.45, 7) is 3.11. The molecule has 1 aliphatic heterocycles. The third-order valence-electron chi connectivity index (χ3n) is 5.02. The van der Waals surface area contributed by atoms with E-state index in [9.17, 15) is 4.79 Å². The Bertz CT molecular complexity index is 308. The molecule has 2 atom stereocenters. The Labute approximate surface area is 110 Å². The molecule has 0 aromatic carbocycles. The summed E-state index contributed by atoms with van der Waals surface area (Å²) in [6, 6.07) is 0.0924. The van der Waals surface area contributed by atoms with Crippen LogP contribution in [0.1, 0.15) is 58.3 Å². The van der Waals surface area contributed by atoms with Gasteiger partial charge >= 0.3 is 0 Å². The Morgan fingerprint density at radius 1 is 1.22 bits per heavy atom. The maximum atomic E-state index is 12.4. The second kappa shape index (κ2) is 5.20. The monoisotopic (exact) mass is 250 g/mol. The molecule has 3 nitrogen and oxygen atoms in total. The van der Waals surface area contributed by atoms with Crippen LogP contribution in [0, 0.1) is 11.8 Å². The fraction of sp³-hybridized carbons (Fsp3) is 0.933. The van der Waals surface area contributed by atoms with Crippen LogP contribution in [0.4, 0.5) is 0 Å². The van der Waals surface area contributed by atoms with Gasteiger partial charge < -0.3 is 4.90 Å². The van der Waals surface area contributed by atoms with E-state index in [0.717, 1.165) is 18.9 Å². The van der Waals surface area contributed by atoms with E-state index in [0.29, 0.717) is 18.0 Å². The Hall–Kier alpha value is -0.570. The molecule has 2 unspecified atom stereocenters. The highest BCUT2D eigenvalue weighted by molar-refractivity contribution is 5.84. The van der Waals surface area contributed by atoms with Crippen molar-refractivity contribution in [3.05, 3.63) is 0 Å². The normalized spacial score (nSPS) is 33.6. The van der Waals surface area contributed by atoms with Crippen LogP contribution < -0.4 is 5.32 Å². The van der Waals surface area contributed by atoms with Gasteiger partial charge in [-0.05, 0) is 37.5 Å². The van der Waals surface area contributed by atoms with Crippen LogP contribution in [-0.2, 0) is 4.79 Å². The molecule has 0 spiro atoms. The summed E-state index contributed by atoms with van der Waals surface area (Å²) >= 11 is 0. The Morgan fingerprint density at radius 2 is 1.94 bits per heavy atom. The van der Waals surface area contributed by atoms with Gasteiger partial charge in [-0.15, -0.1) is 0 Å². The number of hydrogen-bond donors (Lipinski definition) is 1. The van der Waals surface area contributed by atoms with E-state index in [1.54, 1.807) is 0 Å². The predicted molar refractivity (Wildman–Crippen MR) is 72.0 cm³/mol. The quantitative estimate of drug-likeness (QED) is 0.813. The zero-order valence-corrected chi connectivity index (χ0v) is 11.5. The van der Waals surface area contributed by atoms with Crippen molar-refractivity contribution in [3.63, 3.8) is 0 Å². The zero-order chi connectivity index (χ0) is 12.5. The van der Waals surface area contributed by atoms with Crippen LogP contribution in [0.2, 0.25) is 0 Å². The lowest BCUT2D eigenvalue weighted by Gasteiger charge is -2.29. The molecule has 0 radical (unpaired) electrons. The van der Waals surface area contributed by atoms with Crippen molar-refractivity contribution in [2.75, 3.05) is 6.54 Å². The predicted octanol–water partition coefficient (Wildman–Crippen LogP) is 2.51. The molecule has 1 N–H and O–H groups in total. The van der Waals surface area contributed by atoms with E-state index in [-0.39, 0.29) is 6.04 Å². The van der Waals surface area contributed by atoms with Crippen molar-refractivity contribution in [1.29, 1.82) is 0 Å². The number of carbonyl (C=O) groups is 1. The van der Waals surface area contributed by atoms with Crippen LogP contribution >= 0.6 is 0 Å². The highest BCUT2D eigenvalue weighted by Crippen LogP contribution is 2.35. The summed E-state index contributed by atoms with van der Waals surface area (Å²) in [7, 11) is 0. The molecule has 2 aliphatic carbocycles. The molecule has 1 amide bonds. The van der Waals surface area contributed by atoms with Gasteiger partial charge in [0.25, 0.3) is 0 Å². The molecule has 3 fully saturated rings. The van der Waals surface area contributed by atoms with Gasteiger partial charge in [-0.1, -0.05) is 32.6 Å². The first-order valence-corrected chi connectivity index (χ1v) is 7.86. The topological polar surface area (TPSA) is 32.3 Å². The van der Waals surface area contributed by atoms with E-state index in [4.69, 9.17) is 0 Å². The summed E-state index contributed by atoms with van der Waals surface area (Å²) in [4.78, 5) is 14.6. The minimum absolute atomic E-state index is 0.0924. The highest BCUT2D eigenvalue weighted by Gasteiger charge is 2.42. The fourth-order valence-electron chi connectivity index (χ4n) is 3.64. The first-order chi connectivity index (χ1) is 8.79. The van der Waals surface area contributed by atoms with Gasteiger partial charge in [0.15, 0.2) is 0 Å².